The zero-order chi connectivity index (χ0) is 26.7. The SMILES string of the molecule is CC1CCC(CC(=O)C2NC3(CCCCC3)C3(C(=O)Nc4cc(Cl)ccc43)C2c2cccc(Cl)c2F)CC1. The molecule has 0 bridgehead atoms. The van der Waals surface area contributed by atoms with Gasteiger partial charge in [-0.15, -0.1) is 0 Å². The molecular weight excluding hydrogens is 522 g/mol. The minimum absolute atomic E-state index is 0.00412. The van der Waals surface area contributed by atoms with Crippen molar-refractivity contribution < 1.29 is 14.0 Å². The number of rotatable bonds is 4. The fraction of sp³-hybridized carbons (Fsp3) is 0.548. The number of nitrogens with one attached hydrogen (secondary N) is 2. The monoisotopic (exact) mass is 556 g/mol. The van der Waals surface area contributed by atoms with Crippen LogP contribution in [0.15, 0.2) is 36.4 Å². The number of carbonyl (C=O) groups is 2. The summed E-state index contributed by atoms with van der Waals surface area (Å²) in [7, 11) is 0. The van der Waals surface area contributed by atoms with Crippen LogP contribution in [0.5, 0.6) is 0 Å². The molecule has 2 aromatic rings. The molecule has 4 nitrogen and oxygen atoms in total. The van der Waals surface area contributed by atoms with Crippen LogP contribution in [0.25, 0.3) is 0 Å². The molecule has 2 saturated carbocycles. The number of amides is 1. The maximum Gasteiger partial charge on any atom is 0.237 e. The van der Waals surface area contributed by atoms with Gasteiger partial charge in [0.25, 0.3) is 0 Å². The van der Waals surface area contributed by atoms with E-state index in [0.29, 0.717) is 34.5 Å². The molecule has 0 radical (unpaired) electrons. The Morgan fingerprint density at radius 3 is 2.53 bits per heavy atom. The van der Waals surface area contributed by atoms with Crippen LogP contribution >= 0.6 is 23.2 Å². The van der Waals surface area contributed by atoms with E-state index < -0.39 is 28.7 Å². The van der Waals surface area contributed by atoms with Crippen molar-refractivity contribution in [2.24, 2.45) is 11.8 Å². The van der Waals surface area contributed by atoms with E-state index in [9.17, 15) is 9.59 Å². The van der Waals surface area contributed by atoms with Gasteiger partial charge in [0.15, 0.2) is 5.78 Å². The van der Waals surface area contributed by atoms with Crippen LogP contribution in [-0.4, -0.2) is 23.3 Å². The molecular formula is C31H35Cl2FN2O2. The first-order valence-electron chi connectivity index (χ1n) is 14.1. The Hall–Kier alpha value is -1.95. The molecule has 2 aliphatic heterocycles. The highest BCUT2D eigenvalue weighted by Crippen LogP contribution is 2.63. The summed E-state index contributed by atoms with van der Waals surface area (Å²) in [6, 6.07) is 9.73. The molecule has 3 unspecified atom stereocenters. The van der Waals surface area contributed by atoms with Gasteiger partial charge in [0.05, 0.1) is 11.1 Å². The Kier molecular flexibility index (Phi) is 6.85. The van der Waals surface area contributed by atoms with Gasteiger partial charge >= 0.3 is 0 Å². The van der Waals surface area contributed by atoms with E-state index in [4.69, 9.17) is 23.2 Å². The maximum absolute atomic E-state index is 15.9. The Balaban J connectivity index is 1.53. The normalized spacial score (nSPS) is 31.9. The second kappa shape index (κ2) is 9.91. The van der Waals surface area contributed by atoms with Gasteiger partial charge in [-0.1, -0.05) is 80.4 Å². The van der Waals surface area contributed by atoms with E-state index in [2.05, 4.69) is 17.6 Å². The maximum atomic E-state index is 15.9. The quantitative estimate of drug-likeness (QED) is 0.408. The predicted octanol–water partition coefficient (Wildman–Crippen LogP) is 7.57. The number of Topliss-reactive ketones (excluding diaryl/α,β-unsaturated/α-hetero) is 1. The van der Waals surface area contributed by atoms with Crippen LogP contribution in [0.1, 0.15) is 88.2 Å². The van der Waals surface area contributed by atoms with E-state index in [0.717, 1.165) is 63.4 Å². The van der Waals surface area contributed by atoms with Gasteiger partial charge in [-0.2, -0.15) is 0 Å². The van der Waals surface area contributed by atoms with Crippen molar-refractivity contribution in [3.05, 3.63) is 63.4 Å². The van der Waals surface area contributed by atoms with E-state index in [1.807, 2.05) is 6.07 Å². The summed E-state index contributed by atoms with van der Waals surface area (Å²) in [4.78, 5) is 28.6. The fourth-order valence-electron chi connectivity index (χ4n) is 8.21. The van der Waals surface area contributed by atoms with Gasteiger partial charge in [-0.05, 0) is 66.8 Å². The number of ketones is 1. The highest BCUT2D eigenvalue weighted by Gasteiger charge is 2.72. The molecule has 3 fully saturated rings. The molecule has 6 rings (SSSR count). The number of halogens is 3. The molecule has 1 saturated heterocycles. The average Bonchev–Trinajstić information content (AvgIpc) is 3.35. The number of fused-ring (bicyclic) bond motifs is 3. The molecule has 202 valence electrons. The molecule has 2 aromatic carbocycles. The van der Waals surface area contributed by atoms with Crippen LogP contribution < -0.4 is 10.6 Å². The second-order valence-corrected chi connectivity index (χ2v) is 13.0. The average molecular weight is 558 g/mol. The largest absolute Gasteiger partial charge is 0.325 e. The van der Waals surface area contributed by atoms with Crippen LogP contribution in [0.3, 0.4) is 0 Å². The van der Waals surface area contributed by atoms with Crippen molar-refractivity contribution in [1.29, 1.82) is 0 Å². The first-order chi connectivity index (χ1) is 18.3. The van der Waals surface area contributed by atoms with Crippen LogP contribution in [-0.2, 0) is 15.0 Å². The molecule has 0 aromatic heterocycles. The summed E-state index contributed by atoms with van der Waals surface area (Å²) >= 11 is 12.7. The summed E-state index contributed by atoms with van der Waals surface area (Å²) in [5, 5.41) is 7.38. The van der Waals surface area contributed by atoms with E-state index in [1.54, 1.807) is 24.3 Å². The first-order valence-corrected chi connectivity index (χ1v) is 14.9. The van der Waals surface area contributed by atoms with Crippen LogP contribution in [0.4, 0.5) is 10.1 Å². The van der Waals surface area contributed by atoms with E-state index in [1.165, 1.54) is 6.07 Å². The Morgan fingerprint density at radius 2 is 1.79 bits per heavy atom. The lowest BCUT2D eigenvalue weighted by molar-refractivity contribution is -0.124. The number of carbonyl (C=O) groups excluding carboxylic acids is 2. The van der Waals surface area contributed by atoms with Crippen molar-refractivity contribution >= 4 is 40.6 Å². The Bertz CT molecular complexity index is 1270. The van der Waals surface area contributed by atoms with Gasteiger partial charge in [-0.25, -0.2) is 4.39 Å². The van der Waals surface area contributed by atoms with Gasteiger partial charge in [0, 0.05) is 28.6 Å². The number of hydrogen-bond acceptors (Lipinski definition) is 3. The molecule has 2 aliphatic carbocycles. The number of benzene rings is 2. The van der Waals surface area contributed by atoms with Crippen molar-refractivity contribution in [2.45, 2.75) is 94.0 Å². The van der Waals surface area contributed by atoms with Crippen LogP contribution in [0, 0.1) is 17.7 Å². The van der Waals surface area contributed by atoms with Crippen molar-refractivity contribution in [3.63, 3.8) is 0 Å². The van der Waals surface area contributed by atoms with Gasteiger partial charge in [-0.3, -0.25) is 14.9 Å². The third-order valence-electron chi connectivity index (χ3n) is 10.00. The molecule has 7 heteroatoms. The topological polar surface area (TPSA) is 58.2 Å². The second-order valence-electron chi connectivity index (χ2n) is 12.1. The first kappa shape index (κ1) is 26.3. The lowest BCUT2D eigenvalue weighted by atomic mass is 9.55. The molecule has 2 N–H and O–H groups in total. The van der Waals surface area contributed by atoms with E-state index in [-0.39, 0.29) is 16.7 Å². The highest BCUT2D eigenvalue weighted by atomic mass is 35.5. The molecule has 4 aliphatic rings. The standard InChI is InChI=1S/C31H35Cl2FN2O2/c1-18-8-10-19(11-9-18)16-25(37)28-26(21-6-5-7-23(33)27(21)34)31(30(36-28)14-3-2-4-15-30)22-13-12-20(32)17-24(22)35-29(31)38/h5-7,12-13,17-19,26,28,36H,2-4,8-11,14-16H2,1H3,(H,35,38). The Morgan fingerprint density at radius 1 is 1.05 bits per heavy atom. The fourth-order valence-corrected chi connectivity index (χ4v) is 8.57. The summed E-state index contributed by atoms with van der Waals surface area (Å²) in [6.07, 6.45) is 9.22. The zero-order valence-electron chi connectivity index (χ0n) is 21.8. The molecule has 3 atom stereocenters. The smallest absolute Gasteiger partial charge is 0.237 e. The van der Waals surface area contributed by atoms with Crippen molar-refractivity contribution in [1.82, 2.24) is 5.32 Å². The summed E-state index contributed by atoms with van der Waals surface area (Å²) in [5.74, 6) is -0.364. The minimum atomic E-state index is -1.15. The third-order valence-corrected chi connectivity index (χ3v) is 10.5. The van der Waals surface area contributed by atoms with Crippen molar-refractivity contribution in [2.75, 3.05) is 5.32 Å². The van der Waals surface area contributed by atoms with Gasteiger partial charge in [0.1, 0.15) is 11.2 Å². The summed E-state index contributed by atoms with van der Waals surface area (Å²) in [5.41, 5.74) is -0.0419. The van der Waals surface area contributed by atoms with Crippen LogP contribution in [0.2, 0.25) is 10.0 Å². The summed E-state index contributed by atoms with van der Waals surface area (Å²) in [6.45, 7) is 2.27. The molecule has 2 spiro atoms. The Labute approximate surface area is 234 Å². The molecule has 2 heterocycles. The predicted molar refractivity (Wildman–Crippen MR) is 149 cm³/mol. The lowest BCUT2D eigenvalue weighted by Gasteiger charge is -2.47. The van der Waals surface area contributed by atoms with Gasteiger partial charge < -0.3 is 5.32 Å². The zero-order valence-corrected chi connectivity index (χ0v) is 23.3. The van der Waals surface area contributed by atoms with E-state index >= 15 is 4.39 Å². The number of anilines is 1. The minimum Gasteiger partial charge on any atom is -0.325 e. The summed E-state index contributed by atoms with van der Waals surface area (Å²) < 4.78 is 15.9. The van der Waals surface area contributed by atoms with Crippen molar-refractivity contribution in [3.8, 4) is 0 Å². The molecule has 1 amide bonds. The number of hydrogen-bond donors (Lipinski definition) is 2. The molecule has 38 heavy (non-hydrogen) atoms. The third kappa shape index (κ3) is 3.95. The highest BCUT2D eigenvalue weighted by molar-refractivity contribution is 6.31. The van der Waals surface area contributed by atoms with Gasteiger partial charge in [0.2, 0.25) is 5.91 Å². The lowest BCUT2D eigenvalue weighted by Crippen LogP contribution is -2.60.